The SMILES string of the molecule is COc1cc(CC(=O)CC(C)=O)ccc1Br. The highest BCUT2D eigenvalue weighted by Gasteiger charge is 2.08. The van der Waals surface area contributed by atoms with Gasteiger partial charge in [0.15, 0.2) is 0 Å². The first-order valence-corrected chi connectivity index (χ1v) is 5.65. The van der Waals surface area contributed by atoms with Crippen LogP contribution in [0.1, 0.15) is 18.9 Å². The summed E-state index contributed by atoms with van der Waals surface area (Å²) in [6, 6.07) is 5.46. The summed E-state index contributed by atoms with van der Waals surface area (Å²) in [6.07, 6.45) is 0.265. The Bertz CT molecular complexity index is 413. The van der Waals surface area contributed by atoms with Crippen LogP contribution in [-0.4, -0.2) is 18.7 Å². The van der Waals surface area contributed by atoms with Crippen LogP contribution in [0.3, 0.4) is 0 Å². The van der Waals surface area contributed by atoms with E-state index in [9.17, 15) is 9.59 Å². The molecule has 0 heterocycles. The summed E-state index contributed by atoms with van der Waals surface area (Å²) in [7, 11) is 1.57. The first-order valence-electron chi connectivity index (χ1n) is 4.86. The van der Waals surface area contributed by atoms with Crippen LogP contribution in [0.15, 0.2) is 22.7 Å². The van der Waals surface area contributed by atoms with Gasteiger partial charge in [-0.2, -0.15) is 0 Å². The van der Waals surface area contributed by atoms with Crippen LogP contribution in [0.25, 0.3) is 0 Å². The van der Waals surface area contributed by atoms with Gasteiger partial charge in [0.1, 0.15) is 17.3 Å². The number of ketones is 2. The van der Waals surface area contributed by atoms with E-state index in [0.29, 0.717) is 5.75 Å². The topological polar surface area (TPSA) is 43.4 Å². The zero-order valence-corrected chi connectivity index (χ0v) is 10.8. The van der Waals surface area contributed by atoms with Gasteiger partial charge in [0.05, 0.1) is 18.0 Å². The summed E-state index contributed by atoms with van der Waals surface area (Å²) in [5.74, 6) is 0.513. The molecule has 3 nitrogen and oxygen atoms in total. The summed E-state index contributed by atoms with van der Waals surface area (Å²) in [5, 5.41) is 0. The summed E-state index contributed by atoms with van der Waals surface area (Å²) >= 11 is 3.33. The highest BCUT2D eigenvalue weighted by Crippen LogP contribution is 2.25. The van der Waals surface area contributed by atoms with Gasteiger partial charge >= 0.3 is 0 Å². The van der Waals surface area contributed by atoms with Gasteiger partial charge in [-0.05, 0) is 40.5 Å². The lowest BCUT2D eigenvalue weighted by atomic mass is 10.1. The fraction of sp³-hybridized carbons (Fsp3) is 0.333. The number of carbonyl (C=O) groups is 2. The van der Waals surface area contributed by atoms with E-state index in [1.54, 1.807) is 13.2 Å². The smallest absolute Gasteiger partial charge is 0.144 e. The Morgan fingerprint density at radius 2 is 2.06 bits per heavy atom. The van der Waals surface area contributed by atoms with Crippen molar-refractivity contribution in [3.63, 3.8) is 0 Å². The third-order valence-electron chi connectivity index (χ3n) is 2.06. The number of rotatable bonds is 5. The zero-order chi connectivity index (χ0) is 12.1. The normalized spacial score (nSPS) is 9.94. The van der Waals surface area contributed by atoms with Crippen LogP contribution < -0.4 is 4.74 Å². The van der Waals surface area contributed by atoms with E-state index in [1.807, 2.05) is 12.1 Å². The third kappa shape index (κ3) is 3.77. The lowest BCUT2D eigenvalue weighted by Crippen LogP contribution is -2.07. The van der Waals surface area contributed by atoms with E-state index in [1.165, 1.54) is 6.92 Å². The molecule has 1 rings (SSSR count). The molecule has 0 aliphatic carbocycles. The average Bonchev–Trinajstić information content (AvgIpc) is 2.19. The number of methoxy groups -OCH3 is 1. The molecule has 0 radical (unpaired) electrons. The molecule has 16 heavy (non-hydrogen) atoms. The molecule has 0 aromatic heterocycles. The van der Waals surface area contributed by atoms with Gasteiger partial charge in [-0.15, -0.1) is 0 Å². The Hall–Kier alpha value is -1.16. The Morgan fingerprint density at radius 3 is 2.62 bits per heavy atom. The van der Waals surface area contributed by atoms with Crippen molar-refractivity contribution in [2.75, 3.05) is 7.11 Å². The van der Waals surface area contributed by atoms with Crippen molar-refractivity contribution in [3.8, 4) is 5.75 Å². The van der Waals surface area contributed by atoms with Crippen LogP contribution in [-0.2, 0) is 16.0 Å². The molecule has 0 N–H and O–H groups in total. The van der Waals surface area contributed by atoms with E-state index in [2.05, 4.69) is 15.9 Å². The van der Waals surface area contributed by atoms with Crippen molar-refractivity contribution in [1.29, 1.82) is 0 Å². The second-order valence-corrected chi connectivity index (χ2v) is 4.42. The van der Waals surface area contributed by atoms with Gasteiger partial charge in [0.25, 0.3) is 0 Å². The number of Topliss-reactive ketones (excluding diaryl/α,β-unsaturated/α-hetero) is 2. The molecule has 86 valence electrons. The van der Waals surface area contributed by atoms with Crippen molar-refractivity contribution in [2.24, 2.45) is 0 Å². The van der Waals surface area contributed by atoms with Gasteiger partial charge in [-0.25, -0.2) is 0 Å². The van der Waals surface area contributed by atoms with Gasteiger partial charge in [0.2, 0.25) is 0 Å². The van der Waals surface area contributed by atoms with Crippen LogP contribution in [0.2, 0.25) is 0 Å². The molecule has 0 aliphatic rings. The Labute approximate surface area is 103 Å². The molecule has 0 saturated carbocycles. The minimum atomic E-state index is -0.103. The van der Waals surface area contributed by atoms with Crippen LogP contribution >= 0.6 is 15.9 Å². The number of carbonyl (C=O) groups excluding carboxylic acids is 2. The highest BCUT2D eigenvalue weighted by molar-refractivity contribution is 9.10. The minimum Gasteiger partial charge on any atom is -0.496 e. The highest BCUT2D eigenvalue weighted by atomic mass is 79.9. The van der Waals surface area contributed by atoms with Gasteiger partial charge in [0, 0.05) is 6.42 Å². The molecule has 0 spiro atoms. The van der Waals surface area contributed by atoms with E-state index < -0.39 is 0 Å². The molecule has 1 aromatic rings. The summed E-state index contributed by atoms with van der Waals surface area (Å²) < 4.78 is 5.97. The van der Waals surface area contributed by atoms with Crippen molar-refractivity contribution in [2.45, 2.75) is 19.8 Å². The van der Waals surface area contributed by atoms with Crippen molar-refractivity contribution < 1.29 is 14.3 Å². The number of benzene rings is 1. The third-order valence-corrected chi connectivity index (χ3v) is 2.72. The number of hydrogen-bond acceptors (Lipinski definition) is 3. The maximum Gasteiger partial charge on any atom is 0.144 e. The molecule has 0 saturated heterocycles. The maximum atomic E-state index is 11.4. The average molecular weight is 285 g/mol. The molecule has 0 amide bonds. The van der Waals surface area contributed by atoms with E-state index >= 15 is 0 Å². The Morgan fingerprint density at radius 1 is 1.38 bits per heavy atom. The summed E-state index contributed by atoms with van der Waals surface area (Å²) in [6.45, 7) is 1.42. The first kappa shape index (κ1) is 12.9. The van der Waals surface area contributed by atoms with E-state index in [0.717, 1.165) is 10.0 Å². The minimum absolute atomic E-state index is 0.00161. The molecule has 0 aliphatic heterocycles. The first-order chi connectivity index (χ1) is 7.52. The monoisotopic (exact) mass is 284 g/mol. The van der Waals surface area contributed by atoms with Crippen LogP contribution in [0.5, 0.6) is 5.75 Å². The molecule has 4 heteroatoms. The van der Waals surface area contributed by atoms with Crippen LogP contribution in [0, 0.1) is 0 Å². The summed E-state index contributed by atoms with van der Waals surface area (Å²) in [5.41, 5.74) is 0.853. The quantitative estimate of drug-likeness (QED) is 0.781. The predicted octanol–water partition coefficient (Wildman–Crippen LogP) is 2.55. The van der Waals surface area contributed by atoms with Crippen molar-refractivity contribution in [1.82, 2.24) is 0 Å². The van der Waals surface area contributed by atoms with E-state index in [4.69, 9.17) is 4.74 Å². The van der Waals surface area contributed by atoms with Crippen molar-refractivity contribution in [3.05, 3.63) is 28.2 Å². The largest absolute Gasteiger partial charge is 0.496 e. The Kier molecular flexibility index (Phi) is 4.68. The molecular weight excluding hydrogens is 272 g/mol. The second kappa shape index (κ2) is 5.80. The predicted molar refractivity (Wildman–Crippen MR) is 64.7 cm³/mol. The van der Waals surface area contributed by atoms with E-state index in [-0.39, 0.29) is 24.4 Å². The van der Waals surface area contributed by atoms with Gasteiger partial charge in [-0.1, -0.05) is 6.07 Å². The number of halogens is 1. The second-order valence-electron chi connectivity index (χ2n) is 3.56. The standard InChI is InChI=1S/C12H13BrO3/c1-8(14)5-10(15)6-9-3-4-11(13)12(7-9)16-2/h3-4,7H,5-6H2,1-2H3. The fourth-order valence-electron chi connectivity index (χ4n) is 1.38. The lowest BCUT2D eigenvalue weighted by molar-refractivity contribution is -0.125. The molecule has 0 atom stereocenters. The lowest BCUT2D eigenvalue weighted by Gasteiger charge is -2.05. The molecule has 0 bridgehead atoms. The molecular formula is C12H13BrO3. The fourth-order valence-corrected chi connectivity index (χ4v) is 1.79. The molecule has 0 fully saturated rings. The van der Waals surface area contributed by atoms with Gasteiger partial charge in [-0.3, -0.25) is 9.59 Å². The molecule has 0 unspecified atom stereocenters. The Balaban J connectivity index is 2.74. The van der Waals surface area contributed by atoms with Gasteiger partial charge < -0.3 is 4.74 Å². The van der Waals surface area contributed by atoms with Crippen LogP contribution in [0.4, 0.5) is 0 Å². The zero-order valence-electron chi connectivity index (χ0n) is 9.25. The number of ether oxygens (including phenoxy) is 1. The number of hydrogen-bond donors (Lipinski definition) is 0. The summed E-state index contributed by atoms with van der Waals surface area (Å²) in [4.78, 5) is 22.2. The molecule has 1 aromatic carbocycles. The maximum absolute atomic E-state index is 11.4. The van der Waals surface area contributed by atoms with Crippen molar-refractivity contribution >= 4 is 27.5 Å².